The zero-order valence-electron chi connectivity index (χ0n) is 10.2. The molecule has 1 aliphatic heterocycles. The van der Waals surface area contributed by atoms with Crippen LogP contribution in [0.25, 0.3) is 11.5 Å². The number of rotatable bonds is 2. The maximum atomic E-state index is 9.55. The molecule has 94 valence electrons. The Kier molecular flexibility index (Phi) is 2.71. The van der Waals surface area contributed by atoms with Gasteiger partial charge in [-0.1, -0.05) is 0 Å². The van der Waals surface area contributed by atoms with Gasteiger partial charge in [0.1, 0.15) is 11.5 Å². The number of aryl methyl sites for hydroxylation is 1. The molecule has 18 heavy (non-hydrogen) atoms. The van der Waals surface area contributed by atoms with Crippen molar-refractivity contribution in [2.24, 2.45) is 0 Å². The molecular weight excluding hydrogens is 230 g/mol. The summed E-state index contributed by atoms with van der Waals surface area (Å²) in [5, 5.41) is 16.6. The standard InChI is InChI=1S/C12H15N5O/c1-8-6-10(16-15-8)12-13-4-2-11(14-12)17-5-3-9(18)7-17/h2,4,6,9,18H,3,5,7H2,1H3,(H,15,16)/t9-/m1/s1. The molecule has 0 unspecified atom stereocenters. The first-order valence-electron chi connectivity index (χ1n) is 6.01. The Labute approximate surface area is 105 Å². The van der Waals surface area contributed by atoms with E-state index in [-0.39, 0.29) is 6.10 Å². The summed E-state index contributed by atoms with van der Waals surface area (Å²) < 4.78 is 0. The number of β-amino-alcohol motifs (C(OH)–C–C–N with tert-alkyl or cyclic N) is 1. The van der Waals surface area contributed by atoms with Crippen molar-refractivity contribution in [2.75, 3.05) is 18.0 Å². The van der Waals surface area contributed by atoms with E-state index >= 15 is 0 Å². The SMILES string of the molecule is Cc1cc(-c2nccc(N3CC[C@@H](O)C3)n2)n[nH]1. The van der Waals surface area contributed by atoms with Crippen LogP contribution in [0.3, 0.4) is 0 Å². The Balaban J connectivity index is 1.89. The highest BCUT2D eigenvalue weighted by molar-refractivity contribution is 5.53. The Morgan fingerprint density at radius 2 is 2.39 bits per heavy atom. The van der Waals surface area contributed by atoms with Crippen molar-refractivity contribution in [3.8, 4) is 11.5 Å². The van der Waals surface area contributed by atoms with Crippen LogP contribution in [0.2, 0.25) is 0 Å². The number of nitrogens with zero attached hydrogens (tertiary/aromatic N) is 4. The summed E-state index contributed by atoms with van der Waals surface area (Å²) >= 11 is 0. The van der Waals surface area contributed by atoms with Crippen LogP contribution in [0, 0.1) is 6.92 Å². The predicted molar refractivity (Wildman–Crippen MR) is 67.2 cm³/mol. The van der Waals surface area contributed by atoms with Gasteiger partial charge < -0.3 is 10.0 Å². The molecule has 6 heteroatoms. The second-order valence-electron chi connectivity index (χ2n) is 4.56. The molecule has 1 aliphatic rings. The molecule has 0 aromatic carbocycles. The molecule has 0 amide bonds. The van der Waals surface area contributed by atoms with E-state index in [0.717, 1.165) is 30.2 Å². The maximum Gasteiger partial charge on any atom is 0.182 e. The number of hydrogen-bond donors (Lipinski definition) is 2. The normalized spacial score (nSPS) is 19.4. The van der Waals surface area contributed by atoms with Gasteiger partial charge in [-0.3, -0.25) is 5.10 Å². The fourth-order valence-electron chi connectivity index (χ4n) is 2.13. The third-order valence-corrected chi connectivity index (χ3v) is 3.06. The van der Waals surface area contributed by atoms with Crippen molar-refractivity contribution in [1.82, 2.24) is 20.2 Å². The summed E-state index contributed by atoms with van der Waals surface area (Å²) in [6.45, 7) is 3.41. The third-order valence-electron chi connectivity index (χ3n) is 3.06. The van der Waals surface area contributed by atoms with Crippen molar-refractivity contribution in [1.29, 1.82) is 0 Å². The fraction of sp³-hybridized carbons (Fsp3) is 0.417. The summed E-state index contributed by atoms with van der Waals surface area (Å²) in [6.07, 6.45) is 2.27. The van der Waals surface area contributed by atoms with E-state index in [1.54, 1.807) is 6.20 Å². The molecule has 3 rings (SSSR count). The summed E-state index contributed by atoms with van der Waals surface area (Å²) in [7, 11) is 0. The lowest BCUT2D eigenvalue weighted by Crippen LogP contribution is -2.22. The van der Waals surface area contributed by atoms with Crippen LogP contribution in [0.4, 0.5) is 5.82 Å². The predicted octanol–water partition coefficient (Wildman–Crippen LogP) is 0.746. The Bertz CT molecular complexity index is 553. The molecular formula is C12H15N5O. The van der Waals surface area contributed by atoms with Crippen LogP contribution in [-0.4, -0.2) is 44.5 Å². The van der Waals surface area contributed by atoms with Gasteiger partial charge in [0, 0.05) is 25.0 Å². The van der Waals surface area contributed by atoms with Gasteiger partial charge in [-0.15, -0.1) is 0 Å². The molecule has 2 N–H and O–H groups in total. The first-order chi connectivity index (χ1) is 8.72. The highest BCUT2D eigenvalue weighted by Crippen LogP contribution is 2.20. The average molecular weight is 245 g/mol. The van der Waals surface area contributed by atoms with Crippen molar-refractivity contribution >= 4 is 5.82 Å². The van der Waals surface area contributed by atoms with Crippen LogP contribution in [0.1, 0.15) is 12.1 Å². The van der Waals surface area contributed by atoms with Gasteiger partial charge >= 0.3 is 0 Å². The molecule has 0 aliphatic carbocycles. The van der Waals surface area contributed by atoms with Crippen LogP contribution >= 0.6 is 0 Å². The Hall–Kier alpha value is -1.95. The monoisotopic (exact) mass is 245 g/mol. The lowest BCUT2D eigenvalue weighted by atomic mass is 10.3. The van der Waals surface area contributed by atoms with E-state index in [2.05, 4.69) is 25.1 Å². The van der Waals surface area contributed by atoms with E-state index in [1.165, 1.54) is 0 Å². The lowest BCUT2D eigenvalue weighted by molar-refractivity contribution is 0.198. The molecule has 0 radical (unpaired) electrons. The van der Waals surface area contributed by atoms with E-state index in [4.69, 9.17) is 0 Å². The van der Waals surface area contributed by atoms with Gasteiger partial charge in [0.05, 0.1) is 6.10 Å². The Morgan fingerprint density at radius 1 is 1.50 bits per heavy atom. The highest BCUT2D eigenvalue weighted by Gasteiger charge is 2.21. The molecule has 6 nitrogen and oxygen atoms in total. The molecule has 0 spiro atoms. The molecule has 1 saturated heterocycles. The van der Waals surface area contributed by atoms with Crippen LogP contribution in [-0.2, 0) is 0 Å². The third kappa shape index (κ3) is 2.06. The number of hydrogen-bond acceptors (Lipinski definition) is 5. The minimum Gasteiger partial charge on any atom is -0.391 e. The molecule has 2 aromatic rings. The zero-order chi connectivity index (χ0) is 12.5. The number of aliphatic hydroxyl groups excluding tert-OH is 1. The number of aliphatic hydroxyl groups is 1. The van der Waals surface area contributed by atoms with Gasteiger partial charge in [-0.25, -0.2) is 9.97 Å². The molecule has 1 atom stereocenters. The van der Waals surface area contributed by atoms with Gasteiger partial charge in [-0.05, 0) is 25.5 Å². The number of anilines is 1. The van der Waals surface area contributed by atoms with E-state index in [0.29, 0.717) is 12.4 Å². The second-order valence-corrected chi connectivity index (χ2v) is 4.56. The fourth-order valence-corrected chi connectivity index (χ4v) is 2.13. The van der Waals surface area contributed by atoms with E-state index < -0.39 is 0 Å². The first-order valence-corrected chi connectivity index (χ1v) is 6.01. The molecule has 3 heterocycles. The first kappa shape index (κ1) is 11.2. The smallest absolute Gasteiger partial charge is 0.182 e. The molecule has 2 aromatic heterocycles. The van der Waals surface area contributed by atoms with Crippen molar-refractivity contribution in [2.45, 2.75) is 19.4 Å². The summed E-state index contributed by atoms with van der Waals surface area (Å²) in [5.41, 5.74) is 1.73. The van der Waals surface area contributed by atoms with Crippen LogP contribution in [0.15, 0.2) is 18.3 Å². The number of H-pyrrole nitrogens is 1. The van der Waals surface area contributed by atoms with Gasteiger partial charge in [0.25, 0.3) is 0 Å². The summed E-state index contributed by atoms with van der Waals surface area (Å²) in [5.74, 6) is 1.45. The van der Waals surface area contributed by atoms with Crippen molar-refractivity contribution in [3.05, 3.63) is 24.0 Å². The van der Waals surface area contributed by atoms with Gasteiger partial charge in [0.15, 0.2) is 5.82 Å². The number of aromatic nitrogens is 4. The summed E-state index contributed by atoms with van der Waals surface area (Å²) in [4.78, 5) is 10.8. The second kappa shape index (κ2) is 4.38. The lowest BCUT2D eigenvalue weighted by Gasteiger charge is -2.16. The minimum atomic E-state index is -0.254. The van der Waals surface area contributed by atoms with Crippen molar-refractivity contribution in [3.63, 3.8) is 0 Å². The number of nitrogens with one attached hydrogen (secondary N) is 1. The summed E-state index contributed by atoms with van der Waals surface area (Å²) in [6, 6.07) is 3.78. The van der Waals surface area contributed by atoms with E-state index in [1.807, 2.05) is 19.1 Å². The van der Waals surface area contributed by atoms with Crippen molar-refractivity contribution < 1.29 is 5.11 Å². The topological polar surface area (TPSA) is 77.9 Å². The van der Waals surface area contributed by atoms with Crippen LogP contribution < -0.4 is 4.90 Å². The Morgan fingerprint density at radius 3 is 3.06 bits per heavy atom. The number of aromatic amines is 1. The molecule has 0 bridgehead atoms. The van der Waals surface area contributed by atoms with Gasteiger partial charge in [0.2, 0.25) is 0 Å². The largest absolute Gasteiger partial charge is 0.391 e. The average Bonchev–Trinajstić information content (AvgIpc) is 2.98. The van der Waals surface area contributed by atoms with Gasteiger partial charge in [-0.2, -0.15) is 5.10 Å². The molecule has 0 saturated carbocycles. The zero-order valence-corrected chi connectivity index (χ0v) is 10.2. The highest BCUT2D eigenvalue weighted by atomic mass is 16.3. The molecule has 1 fully saturated rings. The maximum absolute atomic E-state index is 9.55. The van der Waals surface area contributed by atoms with E-state index in [9.17, 15) is 5.11 Å². The van der Waals surface area contributed by atoms with Crippen LogP contribution in [0.5, 0.6) is 0 Å². The quantitative estimate of drug-likeness (QED) is 0.816. The minimum absolute atomic E-state index is 0.254.